The van der Waals surface area contributed by atoms with Gasteiger partial charge in [-0.25, -0.2) is 9.78 Å². The summed E-state index contributed by atoms with van der Waals surface area (Å²) in [5.41, 5.74) is 7.84. The zero-order valence-electron chi connectivity index (χ0n) is 17.4. The zero-order valence-corrected chi connectivity index (χ0v) is 17.4. The van der Waals surface area contributed by atoms with Gasteiger partial charge >= 0.3 is 6.03 Å². The maximum absolute atomic E-state index is 12.4. The maximum atomic E-state index is 12.4. The molecule has 166 valence electrons. The topological polar surface area (TPSA) is 122 Å². The highest BCUT2D eigenvalue weighted by atomic mass is 16.5. The number of amides is 2. The van der Waals surface area contributed by atoms with Gasteiger partial charge in [-0.3, -0.25) is 10.7 Å². The van der Waals surface area contributed by atoms with E-state index in [0.29, 0.717) is 23.7 Å². The number of pyridine rings is 1. The van der Waals surface area contributed by atoms with Crippen molar-refractivity contribution >= 4 is 23.4 Å². The summed E-state index contributed by atoms with van der Waals surface area (Å²) in [4.78, 5) is 16.6. The number of hydrogen-bond donors (Lipinski definition) is 4. The lowest BCUT2D eigenvalue weighted by Crippen LogP contribution is -2.32. The molecule has 1 aliphatic rings. The molecule has 1 aliphatic heterocycles. The molecular formula is C22H35N5O3. The molecular weight excluding hydrogens is 382 g/mol. The van der Waals surface area contributed by atoms with Gasteiger partial charge in [-0.15, -0.1) is 0 Å². The van der Waals surface area contributed by atoms with Gasteiger partial charge in [-0.2, -0.15) is 0 Å². The van der Waals surface area contributed by atoms with Gasteiger partial charge in [-0.05, 0) is 18.9 Å². The summed E-state index contributed by atoms with van der Waals surface area (Å²) in [7, 11) is 0. The number of nitrogens with two attached hydrogens (primary N) is 1. The lowest BCUT2D eigenvalue weighted by atomic mass is 10.1. The average Bonchev–Trinajstić information content (AvgIpc) is 2.72. The monoisotopic (exact) mass is 417 g/mol. The Labute approximate surface area is 181 Å². The number of benzene rings is 1. The first-order chi connectivity index (χ1) is 14.5. The normalized spacial score (nSPS) is 19.5. The Hall–Kier alpha value is -3.13. The van der Waals surface area contributed by atoms with Crippen LogP contribution in [0.15, 0.2) is 42.6 Å². The molecule has 2 unspecified atom stereocenters. The molecule has 30 heavy (non-hydrogen) atoms. The second-order valence-electron chi connectivity index (χ2n) is 7.40. The predicted octanol–water partition coefficient (Wildman–Crippen LogP) is 4.58. The molecule has 1 fully saturated rings. The van der Waals surface area contributed by atoms with Crippen molar-refractivity contribution in [3.8, 4) is 0 Å². The number of carbonyl (C=O) groups is 1. The van der Waals surface area contributed by atoms with E-state index >= 15 is 0 Å². The van der Waals surface area contributed by atoms with E-state index in [1.807, 2.05) is 44.2 Å². The van der Waals surface area contributed by atoms with Crippen LogP contribution < -0.4 is 16.4 Å². The number of hydrogen-bond acceptors (Lipinski definition) is 6. The number of nitrogens with one attached hydrogen (secondary N) is 3. The summed E-state index contributed by atoms with van der Waals surface area (Å²) in [6, 6.07) is 10.8. The molecule has 8 heteroatoms. The van der Waals surface area contributed by atoms with Crippen LogP contribution in [0, 0.1) is 5.41 Å². The van der Waals surface area contributed by atoms with Crippen molar-refractivity contribution in [3.63, 3.8) is 0 Å². The minimum Gasteiger partial charge on any atom is -0.474 e. The molecule has 3 rings (SSSR count). The molecule has 0 spiro atoms. The number of rotatable bonds is 6. The van der Waals surface area contributed by atoms with Crippen molar-refractivity contribution in [3.05, 3.63) is 53.7 Å². The molecule has 1 aromatic carbocycles. The third kappa shape index (κ3) is 5.70. The van der Waals surface area contributed by atoms with Crippen LogP contribution >= 0.6 is 0 Å². The van der Waals surface area contributed by atoms with Crippen LogP contribution in [0.25, 0.3) is 0 Å². The quantitative estimate of drug-likeness (QED) is 0.405. The smallest absolute Gasteiger partial charge is 0.320 e. The Morgan fingerprint density at radius 1 is 1.43 bits per heavy atom. The van der Waals surface area contributed by atoms with Crippen molar-refractivity contribution in [2.75, 3.05) is 17.7 Å². The third-order valence-electron chi connectivity index (χ3n) is 5.06. The number of nitrogen functional groups attached to an aromatic ring is 1. The molecule has 0 aliphatic carbocycles. The van der Waals surface area contributed by atoms with E-state index in [-0.39, 0.29) is 34.5 Å². The summed E-state index contributed by atoms with van der Waals surface area (Å²) >= 11 is 0. The molecule has 1 saturated heterocycles. The van der Waals surface area contributed by atoms with Crippen molar-refractivity contribution < 1.29 is 18.5 Å². The predicted molar refractivity (Wildman–Crippen MR) is 123 cm³/mol. The molecule has 8 nitrogen and oxygen atoms in total. The standard InChI is InChI=1S/C22H29N5O3.3H2/c1-3-19(15-7-5-4-6-8-15)26-22(28)27-20-12-18(23)17(13-25-20)21(24)30-16-9-10-29-14(2)11-16;;;/h4-8,12-14,16,19,24H,3,9-11H2,1-2H3,(H4,23,25,26,27,28);3*1H/t14?,16?,19-;;;/m1.../s1. The van der Waals surface area contributed by atoms with Crippen LogP contribution in [-0.2, 0) is 9.47 Å². The number of nitrogens with zero attached hydrogens (tertiary/aromatic N) is 1. The van der Waals surface area contributed by atoms with E-state index in [0.717, 1.165) is 24.8 Å². The molecule has 0 saturated carbocycles. The van der Waals surface area contributed by atoms with Crippen LogP contribution in [0.4, 0.5) is 16.3 Å². The van der Waals surface area contributed by atoms with E-state index < -0.39 is 0 Å². The van der Waals surface area contributed by atoms with Crippen LogP contribution in [0.5, 0.6) is 0 Å². The van der Waals surface area contributed by atoms with Crippen LogP contribution in [-0.4, -0.2) is 35.7 Å². The highest BCUT2D eigenvalue weighted by Crippen LogP contribution is 2.21. The lowest BCUT2D eigenvalue weighted by Gasteiger charge is -2.28. The Kier molecular flexibility index (Phi) is 7.24. The molecule has 5 N–H and O–H groups in total. The molecule has 2 heterocycles. The highest BCUT2D eigenvalue weighted by molar-refractivity contribution is 5.98. The minimum absolute atomic E-state index is 0. The number of aromatic nitrogens is 1. The zero-order chi connectivity index (χ0) is 21.5. The molecule has 0 radical (unpaired) electrons. The summed E-state index contributed by atoms with van der Waals surface area (Å²) < 4.78 is 11.3. The summed E-state index contributed by atoms with van der Waals surface area (Å²) in [5, 5.41) is 13.9. The fourth-order valence-electron chi connectivity index (χ4n) is 3.44. The third-order valence-corrected chi connectivity index (χ3v) is 5.06. The van der Waals surface area contributed by atoms with Gasteiger partial charge in [0.05, 0.1) is 24.3 Å². The molecule has 2 amide bonds. The molecule has 3 atom stereocenters. The van der Waals surface area contributed by atoms with Gasteiger partial charge in [0.25, 0.3) is 0 Å². The van der Waals surface area contributed by atoms with E-state index in [1.54, 1.807) is 0 Å². The van der Waals surface area contributed by atoms with Crippen LogP contribution in [0.2, 0.25) is 0 Å². The number of ether oxygens (including phenoxy) is 2. The summed E-state index contributed by atoms with van der Waals surface area (Å²) in [6.45, 7) is 4.61. The van der Waals surface area contributed by atoms with E-state index in [4.69, 9.17) is 20.6 Å². The maximum Gasteiger partial charge on any atom is 0.320 e. The Morgan fingerprint density at radius 2 is 2.20 bits per heavy atom. The molecule has 1 aromatic heterocycles. The van der Waals surface area contributed by atoms with E-state index in [2.05, 4.69) is 15.6 Å². The first-order valence-corrected chi connectivity index (χ1v) is 10.2. The van der Waals surface area contributed by atoms with Crippen LogP contribution in [0.3, 0.4) is 0 Å². The fourth-order valence-corrected chi connectivity index (χ4v) is 3.44. The van der Waals surface area contributed by atoms with Gasteiger partial charge in [-0.1, -0.05) is 37.3 Å². The number of anilines is 2. The fraction of sp³-hybridized carbons (Fsp3) is 0.409. The number of carbonyl (C=O) groups excluding carboxylic acids is 1. The lowest BCUT2D eigenvalue weighted by molar-refractivity contribution is -0.0291. The Bertz CT molecular complexity index is 889. The van der Waals surface area contributed by atoms with Crippen molar-refractivity contribution in [2.45, 2.75) is 51.4 Å². The SMILES string of the molecule is CC[C@@H](NC(=O)Nc1cc(N)c(C(=N)OC2CCOC(C)C2)cn1)c1ccccc1.[HH].[HH].[HH]. The van der Waals surface area contributed by atoms with Crippen molar-refractivity contribution in [1.82, 2.24) is 10.3 Å². The van der Waals surface area contributed by atoms with E-state index in [1.165, 1.54) is 12.3 Å². The Morgan fingerprint density at radius 3 is 2.87 bits per heavy atom. The second-order valence-corrected chi connectivity index (χ2v) is 7.40. The minimum atomic E-state index is -0.368. The highest BCUT2D eigenvalue weighted by Gasteiger charge is 2.23. The van der Waals surface area contributed by atoms with E-state index in [9.17, 15) is 4.79 Å². The van der Waals surface area contributed by atoms with Gasteiger partial charge in [0.2, 0.25) is 5.90 Å². The van der Waals surface area contributed by atoms with Gasteiger partial charge in [0, 0.05) is 35.1 Å². The van der Waals surface area contributed by atoms with Crippen LogP contribution in [0.1, 0.15) is 54.6 Å². The Balaban J connectivity index is 0.00000341. The largest absolute Gasteiger partial charge is 0.474 e. The first-order valence-electron chi connectivity index (χ1n) is 10.2. The van der Waals surface area contributed by atoms with Gasteiger partial charge < -0.3 is 20.5 Å². The molecule has 2 aromatic rings. The summed E-state index contributed by atoms with van der Waals surface area (Å²) in [5.74, 6) is 0.286. The van der Waals surface area contributed by atoms with Crippen molar-refractivity contribution in [2.24, 2.45) is 0 Å². The van der Waals surface area contributed by atoms with Gasteiger partial charge in [0.15, 0.2) is 0 Å². The second kappa shape index (κ2) is 10.1. The average molecular weight is 418 g/mol. The first kappa shape index (κ1) is 21.6. The van der Waals surface area contributed by atoms with Gasteiger partial charge in [0.1, 0.15) is 11.9 Å². The van der Waals surface area contributed by atoms with Crippen molar-refractivity contribution in [1.29, 1.82) is 5.41 Å². The summed E-state index contributed by atoms with van der Waals surface area (Å²) in [6.07, 6.45) is 3.71. The number of urea groups is 1. The molecule has 0 bridgehead atoms.